The highest BCUT2D eigenvalue weighted by Crippen LogP contribution is 2.05. The number of nitrogens with zero attached hydrogens (tertiary/aromatic N) is 2. The van der Waals surface area contributed by atoms with E-state index in [2.05, 4.69) is 25.6 Å². The number of aromatic nitrogens is 3. The average molecular weight is 351 g/mol. The van der Waals surface area contributed by atoms with Crippen LogP contribution >= 0.6 is 0 Å². The number of para-hydroxylation sites is 1. The van der Waals surface area contributed by atoms with Crippen LogP contribution in [0.5, 0.6) is 0 Å². The quantitative estimate of drug-likeness (QED) is 0.570. The lowest BCUT2D eigenvalue weighted by molar-refractivity contribution is 0.0942. The molecule has 0 aliphatic heterocycles. The zero-order chi connectivity index (χ0) is 18.4. The van der Waals surface area contributed by atoms with Crippen molar-refractivity contribution in [2.75, 3.05) is 13.1 Å². The third kappa shape index (κ3) is 4.10. The average Bonchev–Trinajstić information content (AvgIpc) is 2.68. The molecule has 3 rings (SSSR count). The Labute approximate surface area is 148 Å². The predicted octanol–water partition coefficient (Wildman–Crippen LogP) is 0.868. The normalized spacial score (nSPS) is 10.5. The molecule has 2 aromatic heterocycles. The van der Waals surface area contributed by atoms with Crippen LogP contribution in [0.2, 0.25) is 0 Å². The van der Waals surface area contributed by atoms with Gasteiger partial charge in [0.2, 0.25) is 0 Å². The second kappa shape index (κ2) is 8.02. The molecule has 3 N–H and O–H groups in total. The minimum Gasteiger partial charge on any atom is -0.352 e. The van der Waals surface area contributed by atoms with Crippen LogP contribution in [-0.4, -0.2) is 39.9 Å². The molecular formula is C18H17N5O3. The molecule has 0 bridgehead atoms. The van der Waals surface area contributed by atoms with E-state index in [1.165, 1.54) is 6.20 Å². The minimum absolute atomic E-state index is 0.0342. The number of aromatic amines is 1. The Morgan fingerprint density at radius 1 is 1.00 bits per heavy atom. The molecule has 0 atom stereocenters. The van der Waals surface area contributed by atoms with Gasteiger partial charge in [-0.1, -0.05) is 12.1 Å². The number of rotatable bonds is 6. The molecule has 2 amide bonds. The largest absolute Gasteiger partial charge is 0.352 e. The second-order valence-corrected chi connectivity index (χ2v) is 5.54. The van der Waals surface area contributed by atoms with Crippen molar-refractivity contribution in [1.82, 2.24) is 25.6 Å². The van der Waals surface area contributed by atoms with E-state index in [0.29, 0.717) is 36.0 Å². The number of hydrogen-bond donors (Lipinski definition) is 3. The Bertz CT molecular complexity index is 985. The van der Waals surface area contributed by atoms with Crippen LogP contribution < -0.4 is 16.2 Å². The number of amides is 2. The van der Waals surface area contributed by atoms with Crippen LogP contribution in [0.3, 0.4) is 0 Å². The molecule has 8 heteroatoms. The van der Waals surface area contributed by atoms with Crippen molar-refractivity contribution < 1.29 is 9.59 Å². The lowest BCUT2D eigenvalue weighted by atomic mass is 10.2. The molecule has 2 heterocycles. The Morgan fingerprint density at radius 2 is 1.77 bits per heavy atom. The molecule has 0 radical (unpaired) electrons. The summed E-state index contributed by atoms with van der Waals surface area (Å²) in [6.07, 6.45) is 3.62. The zero-order valence-corrected chi connectivity index (χ0v) is 13.9. The molecule has 0 saturated carbocycles. The summed E-state index contributed by atoms with van der Waals surface area (Å²) in [5.41, 5.74) is 0.587. The van der Waals surface area contributed by atoms with Crippen molar-refractivity contribution in [3.05, 3.63) is 70.5 Å². The van der Waals surface area contributed by atoms with Crippen LogP contribution in [-0.2, 0) is 0 Å². The molecule has 0 spiro atoms. The van der Waals surface area contributed by atoms with Gasteiger partial charge in [-0.25, -0.2) is 4.98 Å². The van der Waals surface area contributed by atoms with Gasteiger partial charge in [0.1, 0.15) is 0 Å². The molecule has 0 aliphatic rings. The van der Waals surface area contributed by atoms with Crippen LogP contribution in [0.1, 0.15) is 27.4 Å². The Balaban J connectivity index is 1.49. The van der Waals surface area contributed by atoms with E-state index in [4.69, 9.17) is 0 Å². The molecule has 0 unspecified atom stereocenters. The van der Waals surface area contributed by atoms with Gasteiger partial charge in [0, 0.05) is 25.5 Å². The first-order valence-corrected chi connectivity index (χ1v) is 8.10. The van der Waals surface area contributed by atoms with Crippen LogP contribution in [0.25, 0.3) is 10.9 Å². The second-order valence-electron chi connectivity index (χ2n) is 5.54. The molecule has 0 saturated heterocycles. The Hall–Kier alpha value is -3.55. The number of H-pyrrole nitrogens is 1. The van der Waals surface area contributed by atoms with E-state index < -0.39 is 5.91 Å². The maximum Gasteiger partial charge on any atom is 0.287 e. The van der Waals surface area contributed by atoms with Crippen molar-refractivity contribution >= 4 is 22.7 Å². The molecule has 0 aliphatic carbocycles. The maximum atomic E-state index is 12.1. The van der Waals surface area contributed by atoms with Gasteiger partial charge in [0.05, 0.1) is 16.5 Å². The summed E-state index contributed by atoms with van der Waals surface area (Å²) >= 11 is 0. The molecule has 3 aromatic rings. The molecule has 0 fully saturated rings. The first-order chi connectivity index (χ1) is 12.6. The predicted molar refractivity (Wildman–Crippen MR) is 95.9 cm³/mol. The van der Waals surface area contributed by atoms with E-state index in [0.717, 1.165) is 0 Å². The number of fused-ring (bicyclic) bond motifs is 1. The summed E-state index contributed by atoms with van der Waals surface area (Å²) in [7, 11) is 0. The van der Waals surface area contributed by atoms with Crippen molar-refractivity contribution in [3.8, 4) is 0 Å². The van der Waals surface area contributed by atoms with E-state index in [1.54, 1.807) is 42.6 Å². The number of hydrogen-bond acceptors (Lipinski definition) is 5. The monoisotopic (exact) mass is 351 g/mol. The first kappa shape index (κ1) is 17.3. The minimum atomic E-state index is -0.466. The van der Waals surface area contributed by atoms with E-state index >= 15 is 0 Å². The van der Waals surface area contributed by atoms with Gasteiger partial charge in [0.15, 0.2) is 5.82 Å². The number of pyridine rings is 1. The Kier molecular flexibility index (Phi) is 5.33. The molecule has 1 aromatic carbocycles. The number of carbonyl (C=O) groups excluding carboxylic acids is 2. The number of nitrogens with one attached hydrogen (secondary N) is 3. The van der Waals surface area contributed by atoms with Crippen molar-refractivity contribution in [2.24, 2.45) is 0 Å². The van der Waals surface area contributed by atoms with Crippen molar-refractivity contribution in [3.63, 3.8) is 0 Å². The zero-order valence-electron chi connectivity index (χ0n) is 13.9. The highest BCUT2D eigenvalue weighted by atomic mass is 16.2. The maximum absolute atomic E-state index is 12.1. The number of carbonyl (C=O) groups is 2. The third-order valence-corrected chi connectivity index (χ3v) is 3.68. The highest BCUT2D eigenvalue weighted by Gasteiger charge is 2.10. The fourth-order valence-corrected chi connectivity index (χ4v) is 2.37. The lowest BCUT2D eigenvalue weighted by Gasteiger charge is -2.07. The Morgan fingerprint density at radius 3 is 2.54 bits per heavy atom. The van der Waals surface area contributed by atoms with Crippen LogP contribution in [0, 0.1) is 0 Å². The summed E-state index contributed by atoms with van der Waals surface area (Å²) in [4.78, 5) is 46.4. The fourth-order valence-electron chi connectivity index (χ4n) is 2.37. The van der Waals surface area contributed by atoms with Crippen LogP contribution in [0.4, 0.5) is 0 Å². The van der Waals surface area contributed by atoms with Crippen LogP contribution in [0.15, 0.2) is 53.6 Å². The van der Waals surface area contributed by atoms with E-state index in [1.807, 2.05) is 0 Å². The smallest absolute Gasteiger partial charge is 0.287 e. The summed E-state index contributed by atoms with van der Waals surface area (Å²) in [6.45, 7) is 0.734. The molecule has 8 nitrogen and oxygen atoms in total. The standard InChI is InChI=1S/C18H17N5O3/c24-16(12-5-3-8-19-11-12)20-9-4-10-21-18(26)15-22-14-7-2-1-6-13(14)17(25)23-15/h1-3,5-8,11H,4,9-10H2,(H,20,24)(H,21,26)(H,22,23,25). The van der Waals surface area contributed by atoms with E-state index in [-0.39, 0.29) is 17.3 Å². The summed E-state index contributed by atoms with van der Waals surface area (Å²) in [5.74, 6) is -0.718. The van der Waals surface area contributed by atoms with Gasteiger partial charge < -0.3 is 15.6 Å². The SMILES string of the molecule is O=C(NCCCNC(=O)c1nc2ccccc2c(=O)[nH]1)c1cccnc1. The fraction of sp³-hybridized carbons (Fsp3) is 0.167. The van der Waals surface area contributed by atoms with Gasteiger partial charge in [-0.3, -0.25) is 19.4 Å². The third-order valence-electron chi connectivity index (χ3n) is 3.68. The van der Waals surface area contributed by atoms with Gasteiger partial charge in [-0.2, -0.15) is 0 Å². The topological polar surface area (TPSA) is 117 Å². The van der Waals surface area contributed by atoms with Crippen molar-refractivity contribution in [2.45, 2.75) is 6.42 Å². The van der Waals surface area contributed by atoms with E-state index in [9.17, 15) is 14.4 Å². The van der Waals surface area contributed by atoms with Crippen molar-refractivity contribution in [1.29, 1.82) is 0 Å². The van der Waals surface area contributed by atoms with Gasteiger partial charge in [-0.15, -0.1) is 0 Å². The lowest BCUT2D eigenvalue weighted by Crippen LogP contribution is -2.31. The highest BCUT2D eigenvalue weighted by molar-refractivity contribution is 5.94. The summed E-state index contributed by atoms with van der Waals surface area (Å²) < 4.78 is 0. The van der Waals surface area contributed by atoms with Gasteiger partial charge >= 0.3 is 0 Å². The molecular weight excluding hydrogens is 334 g/mol. The summed E-state index contributed by atoms with van der Waals surface area (Å²) in [5, 5.41) is 5.84. The molecule has 26 heavy (non-hydrogen) atoms. The van der Waals surface area contributed by atoms with Gasteiger partial charge in [0.25, 0.3) is 17.4 Å². The first-order valence-electron chi connectivity index (χ1n) is 8.10. The van der Waals surface area contributed by atoms with Gasteiger partial charge in [-0.05, 0) is 30.7 Å². The molecule has 132 valence electrons. The number of benzene rings is 1. The summed E-state index contributed by atoms with van der Waals surface area (Å²) in [6, 6.07) is 10.2.